The molecule has 0 saturated heterocycles. The van der Waals surface area contributed by atoms with Crippen LogP contribution < -0.4 is 24.7 Å². The predicted octanol–water partition coefficient (Wildman–Crippen LogP) is 5.15. The number of benzene rings is 3. The number of ketones is 1. The summed E-state index contributed by atoms with van der Waals surface area (Å²) in [4.78, 5) is 16.8. The Balaban J connectivity index is 1.85. The van der Waals surface area contributed by atoms with E-state index in [1.807, 2.05) is 18.2 Å². The quantitative estimate of drug-likeness (QED) is 0.180. The minimum Gasteiger partial charge on any atom is -0.504 e. The van der Waals surface area contributed by atoms with Crippen LogP contribution in [0.25, 0.3) is 12.2 Å². The van der Waals surface area contributed by atoms with Crippen molar-refractivity contribution in [1.82, 2.24) is 0 Å². The van der Waals surface area contributed by atoms with Crippen LogP contribution in [-0.2, 0) is 0 Å². The molecule has 8 heteroatoms. The van der Waals surface area contributed by atoms with Crippen molar-refractivity contribution in [2.45, 2.75) is 6.42 Å². The second-order valence-electron chi connectivity index (χ2n) is 7.45. The number of nitrogen functional groups attached to an aromatic ring is 1. The molecule has 3 aromatic rings. The molecule has 0 atom stereocenters. The lowest BCUT2D eigenvalue weighted by Crippen LogP contribution is -1.99. The molecule has 0 aliphatic carbocycles. The normalized spacial score (nSPS) is 11.1. The molecule has 182 valence electrons. The van der Waals surface area contributed by atoms with Gasteiger partial charge in [0.15, 0.2) is 28.8 Å². The summed E-state index contributed by atoms with van der Waals surface area (Å²) in [5.74, 6) is 1.60. The van der Waals surface area contributed by atoms with E-state index in [0.717, 1.165) is 5.56 Å². The van der Waals surface area contributed by atoms with Crippen LogP contribution >= 0.6 is 0 Å². The van der Waals surface area contributed by atoms with E-state index >= 15 is 0 Å². The summed E-state index contributed by atoms with van der Waals surface area (Å²) in [6.07, 6.45) is 5.21. The molecule has 35 heavy (non-hydrogen) atoms. The van der Waals surface area contributed by atoms with Gasteiger partial charge >= 0.3 is 0 Å². The highest BCUT2D eigenvalue weighted by molar-refractivity contribution is 6.04. The molecule has 0 heterocycles. The fourth-order valence-corrected chi connectivity index (χ4v) is 3.42. The highest BCUT2D eigenvalue weighted by Gasteiger charge is 2.13. The molecule has 0 aliphatic heterocycles. The minimum atomic E-state index is -0.101. The van der Waals surface area contributed by atoms with Crippen LogP contribution in [0.15, 0.2) is 53.5 Å². The lowest BCUT2D eigenvalue weighted by atomic mass is 10.1. The molecule has 0 bridgehead atoms. The molecular weight excluding hydrogens is 448 g/mol. The first-order chi connectivity index (χ1) is 16.9. The summed E-state index contributed by atoms with van der Waals surface area (Å²) in [6.45, 7) is 0. The number of rotatable bonds is 10. The highest BCUT2D eigenvalue weighted by atomic mass is 16.5. The SMILES string of the molecule is COc1cc(/C=C\c2cc(O)c(OC)c(N=CCC(=O)c3ccc(N)cc3)c2)cc(OC)c1OC. The summed E-state index contributed by atoms with van der Waals surface area (Å²) in [6, 6.07) is 13.6. The Morgan fingerprint density at radius 2 is 1.43 bits per heavy atom. The van der Waals surface area contributed by atoms with E-state index in [-0.39, 0.29) is 23.7 Å². The largest absolute Gasteiger partial charge is 0.504 e. The zero-order chi connectivity index (χ0) is 25.4. The Labute approximate surface area is 204 Å². The number of anilines is 1. The van der Waals surface area contributed by atoms with Crippen molar-refractivity contribution in [3.8, 4) is 28.7 Å². The van der Waals surface area contributed by atoms with Crippen molar-refractivity contribution in [3.05, 3.63) is 65.2 Å². The number of phenols is 1. The summed E-state index contributed by atoms with van der Waals surface area (Å²) < 4.78 is 21.4. The number of nitrogens with two attached hydrogens (primary N) is 1. The van der Waals surface area contributed by atoms with Crippen LogP contribution in [0, 0.1) is 0 Å². The molecule has 0 spiro atoms. The number of ether oxygens (including phenoxy) is 4. The Hall–Kier alpha value is -4.46. The molecule has 3 N–H and O–H groups in total. The third-order valence-electron chi connectivity index (χ3n) is 5.17. The Morgan fingerprint density at radius 1 is 0.857 bits per heavy atom. The average Bonchev–Trinajstić information content (AvgIpc) is 2.86. The molecule has 0 radical (unpaired) electrons. The van der Waals surface area contributed by atoms with Crippen molar-refractivity contribution in [1.29, 1.82) is 0 Å². The van der Waals surface area contributed by atoms with E-state index in [0.29, 0.717) is 39.8 Å². The third kappa shape index (κ3) is 6.11. The Morgan fingerprint density at radius 3 is 1.97 bits per heavy atom. The van der Waals surface area contributed by atoms with Crippen molar-refractivity contribution < 1.29 is 28.8 Å². The van der Waals surface area contributed by atoms with Gasteiger partial charge in [-0.25, -0.2) is 0 Å². The van der Waals surface area contributed by atoms with Gasteiger partial charge in [-0.15, -0.1) is 0 Å². The Bertz CT molecular complexity index is 1220. The van der Waals surface area contributed by atoms with Crippen LogP contribution in [0.4, 0.5) is 11.4 Å². The molecule has 0 aliphatic rings. The van der Waals surface area contributed by atoms with Crippen molar-refractivity contribution in [2.75, 3.05) is 34.2 Å². The van der Waals surface area contributed by atoms with Gasteiger partial charge in [0.05, 0.1) is 28.4 Å². The van der Waals surface area contributed by atoms with Gasteiger partial charge in [0.2, 0.25) is 5.75 Å². The van der Waals surface area contributed by atoms with Gasteiger partial charge in [0.1, 0.15) is 5.69 Å². The number of methoxy groups -OCH3 is 4. The maximum absolute atomic E-state index is 12.4. The van der Waals surface area contributed by atoms with Gasteiger partial charge in [0, 0.05) is 23.9 Å². The second-order valence-corrected chi connectivity index (χ2v) is 7.45. The zero-order valence-electron chi connectivity index (χ0n) is 20.1. The number of hydrogen-bond acceptors (Lipinski definition) is 8. The Kier molecular flexibility index (Phi) is 8.34. The fraction of sp³-hybridized carbons (Fsp3) is 0.185. The first-order valence-electron chi connectivity index (χ1n) is 10.7. The van der Waals surface area contributed by atoms with E-state index < -0.39 is 0 Å². The number of aliphatic imine (C=N–C) groups is 1. The molecule has 3 aromatic carbocycles. The van der Waals surface area contributed by atoms with E-state index in [4.69, 9.17) is 24.7 Å². The van der Waals surface area contributed by atoms with Gasteiger partial charge in [-0.3, -0.25) is 9.79 Å². The number of nitrogens with zero attached hydrogens (tertiary/aromatic N) is 1. The third-order valence-corrected chi connectivity index (χ3v) is 5.17. The number of phenolic OH excluding ortho intramolecular Hbond substituents is 1. The smallest absolute Gasteiger partial charge is 0.203 e. The van der Waals surface area contributed by atoms with Gasteiger partial charge in [-0.1, -0.05) is 12.2 Å². The molecule has 0 aromatic heterocycles. The molecule has 0 unspecified atom stereocenters. The summed E-state index contributed by atoms with van der Waals surface area (Å²) in [5.41, 5.74) is 8.67. The number of carbonyl (C=O) groups is 1. The molecule has 0 fully saturated rings. The van der Waals surface area contributed by atoms with E-state index in [9.17, 15) is 9.90 Å². The van der Waals surface area contributed by atoms with Crippen LogP contribution in [0.5, 0.6) is 28.7 Å². The lowest BCUT2D eigenvalue weighted by molar-refractivity contribution is 0.100. The van der Waals surface area contributed by atoms with Gasteiger partial charge in [0.25, 0.3) is 0 Å². The van der Waals surface area contributed by atoms with E-state index in [1.54, 1.807) is 63.8 Å². The molecular formula is C27H28N2O6. The van der Waals surface area contributed by atoms with Gasteiger partial charge in [-0.2, -0.15) is 0 Å². The maximum Gasteiger partial charge on any atom is 0.203 e. The predicted molar refractivity (Wildman–Crippen MR) is 138 cm³/mol. The first kappa shape index (κ1) is 25.2. The van der Waals surface area contributed by atoms with Crippen LogP contribution in [0.3, 0.4) is 0 Å². The van der Waals surface area contributed by atoms with Crippen molar-refractivity contribution in [2.24, 2.45) is 4.99 Å². The lowest BCUT2D eigenvalue weighted by Gasteiger charge is -2.13. The van der Waals surface area contributed by atoms with E-state index in [1.165, 1.54) is 13.3 Å². The second kappa shape index (κ2) is 11.6. The standard InChI is InChI=1S/C27H28N2O6/c1-32-24-15-18(16-25(33-2)27(24)35-4)6-5-17-13-21(26(34-3)23(31)14-17)29-12-11-22(30)19-7-9-20(28)10-8-19/h5-10,12-16,31H,11,28H2,1-4H3/b6-5-,29-12?. The fourth-order valence-electron chi connectivity index (χ4n) is 3.42. The van der Waals surface area contributed by atoms with Crippen LogP contribution in [-0.4, -0.2) is 45.5 Å². The number of aromatic hydroxyl groups is 1. The topological polar surface area (TPSA) is 113 Å². The summed E-state index contributed by atoms with van der Waals surface area (Å²) in [7, 11) is 6.09. The number of carbonyl (C=O) groups excluding carboxylic acids is 1. The molecule has 8 nitrogen and oxygen atoms in total. The van der Waals surface area contributed by atoms with Crippen molar-refractivity contribution >= 4 is 35.5 Å². The maximum atomic E-state index is 12.4. The average molecular weight is 477 g/mol. The van der Waals surface area contributed by atoms with Crippen LogP contribution in [0.1, 0.15) is 27.9 Å². The first-order valence-corrected chi connectivity index (χ1v) is 10.7. The monoisotopic (exact) mass is 476 g/mol. The molecule has 3 rings (SSSR count). The van der Waals surface area contributed by atoms with E-state index in [2.05, 4.69) is 4.99 Å². The van der Waals surface area contributed by atoms with Crippen molar-refractivity contribution in [3.63, 3.8) is 0 Å². The molecule has 0 amide bonds. The molecule has 0 saturated carbocycles. The van der Waals surface area contributed by atoms with Gasteiger partial charge < -0.3 is 29.8 Å². The summed E-state index contributed by atoms with van der Waals surface area (Å²) >= 11 is 0. The zero-order valence-corrected chi connectivity index (χ0v) is 20.1. The minimum absolute atomic E-state index is 0.0726. The highest BCUT2D eigenvalue weighted by Crippen LogP contribution is 2.40. The number of Topliss-reactive ketones (excluding diaryl/α,β-unsaturated/α-hetero) is 1. The number of hydrogen-bond donors (Lipinski definition) is 2. The van der Waals surface area contributed by atoms with Crippen LogP contribution in [0.2, 0.25) is 0 Å². The van der Waals surface area contributed by atoms with Gasteiger partial charge in [-0.05, 0) is 59.7 Å². The summed E-state index contributed by atoms with van der Waals surface area (Å²) in [5, 5.41) is 10.4.